The Morgan fingerprint density at radius 2 is 1.09 bits per heavy atom. The summed E-state index contributed by atoms with van der Waals surface area (Å²) in [5.74, 6) is 0.198. The molecular weight excluding hydrogens is 548 g/mol. The van der Waals surface area contributed by atoms with Gasteiger partial charge < -0.3 is 19.7 Å². The minimum Gasteiger partial charge on any atom is -0.508 e. The van der Waals surface area contributed by atoms with E-state index in [0.29, 0.717) is 39.3 Å². The molecule has 1 unspecified atom stereocenters. The SMILES string of the molecule is O=C1OC2(c3ccc(O)cc3Oc3cc(O)cc(C(c4ccccc4)(c4ccccc4)c4ccccc4)c32)c2ccccc21. The Labute approximate surface area is 254 Å². The van der Waals surface area contributed by atoms with E-state index in [9.17, 15) is 15.0 Å². The zero-order valence-corrected chi connectivity index (χ0v) is 23.5. The Hall–Kier alpha value is -5.81. The standard InChI is InChI=1S/C39H26O5/c40-28-20-21-32-34(23-28)43-35-24-29(41)22-33(36(35)39(32)31-19-11-10-18-30(31)37(42)44-39)38(25-12-4-1-5-13-25,26-14-6-2-7-15-26)27-16-8-3-9-17-27/h1-24,40-41H. The molecule has 0 aliphatic carbocycles. The summed E-state index contributed by atoms with van der Waals surface area (Å²) in [5.41, 5.74) is 3.43. The van der Waals surface area contributed by atoms with Crippen LogP contribution >= 0.6 is 0 Å². The maximum atomic E-state index is 13.7. The van der Waals surface area contributed by atoms with E-state index < -0.39 is 17.0 Å². The molecule has 5 heteroatoms. The number of benzene rings is 6. The lowest BCUT2D eigenvalue weighted by atomic mass is 9.61. The van der Waals surface area contributed by atoms with Gasteiger partial charge in [-0.2, -0.15) is 0 Å². The minimum absolute atomic E-state index is 0.00698. The van der Waals surface area contributed by atoms with Crippen LogP contribution in [-0.4, -0.2) is 16.2 Å². The van der Waals surface area contributed by atoms with Crippen LogP contribution in [-0.2, 0) is 15.8 Å². The van der Waals surface area contributed by atoms with Crippen LogP contribution in [0.5, 0.6) is 23.0 Å². The lowest BCUT2D eigenvalue weighted by molar-refractivity contribution is 0.0220. The number of rotatable bonds is 4. The molecule has 0 saturated carbocycles. The summed E-state index contributed by atoms with van der Waals surface area (Å²) in [5, 5.41) is 21.9. The fraction of sp³-hybridized carbons (Fsp3) is 0.0513. The Morgan fingerprint density at radius 3 is 1.70 bits per heavy atom. The molecule has 0 bridgehead atoms. The Bertz CT molecular complexity index is 1960. The van der Waals surface area contributed by atoms with E-state index in [1.807, 2.05) is 72.8 Å². The highest BCUT2D eigenvalue weighted by Crippen LogP contribution is 2.61. The molecule has 212 valence electrons. The van der Waals surface area contributed by atoms with Crippen LogP contribution in [0.15, 0.2) is 146 Å². The van der Waals surface area contributed by atoms with Crippen molar-refractivity contribution in [1.82, 2.24) is 0 Å². The second-order valence-electron chi connectivity index (χ2n) is 11.1. The normalized spacial score (nSPS) is 16.4. The number of carbonyl (C=O) groups excluding carboxylic acids is 1. The second kappa shape index (κ2) is 9.61. The van der Waals surface area contributed by atoms with Gasteiger partial charge in [0.15, 0.2) is 5.60 Å². The van der Waals surface area contributed by atoms with Crippen LogP contribution < -0.4 is 4.74 Å². The Balaban J connectivity index is 1.59. The monoisotopic (exact) mass is 574 g/mol. The highest BCUT2D eigenvalue weighted by Gasteiger charge is 2.57. The first-order valence-corrected chi connectivity index (χ1v) is 14.4. The molecule has 0 fully saturated rings. The van der Waals surface area contributed by atoms with E-state index in [1.54, 1.807) is 30.3 Å². The van der Waals surface area contributed by atoms with Gasteiger partial charge >= 0.3 is 5.97 Å². The minimum atomic E-state index is -1.43. The van der Waals surface area contributed by atoms with Crippen LogP contribution in [0.3, 0.4) is 0 Å². The number of hydrogen-bond acceptors (Lipinski definition) is 5. The first-order valence-electron chi connectivity index (χ1n) is 14.4. The van der Waals surface area contributed by atoms with Gasteiger partial charge in [-0.3, -0.25) is 0 Å². The maximum absolute atomic E-state index is 13.7. The summed E-state index contributed by atoms with van der Waals surface area (Å²) >= 11 is 0. The molecule has 2 aliphatic rings. The van der Waals surface area contributed by atoms with Gasteiger partial charge in [-0.1, -0.05) is 109 Å². The number of ether oxygens (including phenoxy) is 2. The molecule has 0 amide bonds. The van der Waals surface area contributed by atoms with Crippen LogP contribution in [0.1, 0.15) is 49.3 Å². The molecule has 8 rings (SSSR count). The van der Waals surface area contributed by atoms with Gasteiger partial charge in [0.2, 0.25) is 0 Å². The number of phenols is 2. The van der Waals surface area contributed by atoms with E-state index in [2.05, 4.69) is 36.4 Å². The molecule has 5 nitrogen and oxygen atoms in total. The molecule has 2 aliphatic heterocycles. The predicted molar refractivity (Wildman–Crippen MR) is 166 cm³/mol. The first kappa shape index (κ1) is 25.9. The predicted octanol–water partition coefficient (Wildman–Crippen LogP) is 8.05. The number of phenolic OH excluding ortho intramolecular Hbond substituents is 2. The van der Waals surface area contributed by atoms with Gasteiger partial charge in [-0.15, -0.1) is 0 Å². The summed E-state index contributed by atoms with van der Waals surface area (Å²) in [6.07, 6.45) is 0. The van der Waals surface area contributed by atoms with Crippen LogP contribution in [0, 0.1) is 0 Å². The molecule has 1 spiro atoms. The quantitative estimate of drug-likeness (QED) is 0.165. The van der Waals surface area contributed by atoms with Crippen molar-refractivity contribution in [3.63, 3.8) is 0 Å². The molecule has 6 aromatic carbocycles. The number of hydrogen-bond donors (Lipinski definition) is 2. The zero-order valence-electron chi connectivity index (χ0n) is 23.5. The van der Waals surface area contributed by atoms with Crippen LogP contribution in [0.25, 0.3) is 0 Å². The molecule has 44 heavy (non-hydrogen) atoms. The largest absolute Gasteiger partial charge is 0.508 e. The fourth-order valence-electron chi connectivity index (χ4n) is 7.11. The topological polar surface area (TPSA) is 76.0 Å². The number of esters is 1. The Kier molecular flexibility index (Phi) is 5.65. The average Bonchev–Trinajstić information content (AvgIpc) is 3.34. The smallest absolute Gasteiger partial charge is 0.340 e. The highest BCUT2D eigenvalue weighted by atomic mass is 16.6. The van der Waals surface area contributed by atoms with Gasteiger partial charge in [0.05, 0.1) is 16.5 Å². The molecular formula is C39H26O5. The van der Waals surface area contributed by atoms with Gasteiger partial charge in [0, 0.05) is 23.3 Å². The average molecular weight is 575 g/mol. The van der Waals surface area contributed by atoms with E-state index in [-0.39, 0.29) is 11.5 Å². The third-order valence-electron chi connectivity index (χ3n) is 8.80. The summed E-state index contributed by atoms with van der Waals surface area (Å²) < 4.78 is 13.1. The fourth-order valence-corrected chi connectivity index (χ4v) is 7.11. The highest BCUT2D eigenvalue weighted by molar-refractivity contribution is 5.97. The Morgan fingerprint density at radius 1 is 0.545 bits per heavy atom. The van der Waals surface area contributed by atoms with Gasteiger partial charge in [-0.05, 0) is 46.5 Å². The zero-order chi connectivity index (χ0) is 29.9. The number of carbonyl (C=O) groups is 1. The van der Waals surface area contributed by atoms with Crippen molar-refractivity contribution in [3.8, 4) is 23.0 Å². The second-order valence-corrected chi connectivity index (χ2v) is 11.1. The van der Waals surface area contributed by atoms with Crippen molar-refractivity contribution >= 4 is 5.97 Å². The first-order chi connectivity index (χ1) is 21.5. The van der Waals surface area contributed by atoms with Crippen molar-refractivity contribution in [2.24, 2.45) is 0 Å². The summed E-state index contributed by atoms with van der Waals surface area (Å²) in [6, 6.07) is 45.9. The summed E-state index contributed by atoms with van der Waals surface area (Å²) in [7, 11) is 0. The van der Waals surface area contributed by atoms with Crippen molar-refractivity contribution in [3.05, 3.63) is 190 Å². The maximum Gasteiger partial charge on any atom is 0.340 e. The van der Waals surface area contributed by atoms with Crippen molar-refractivity contribution in [2.75, 3.05) is 0 Å². The molecule has 0 radical (unpaired) electrons. The van der Waals surface area contributed by atoms with E-state index in [0.717, 1.165) is 16.7 Å². The van der Waals surface area contributed by atoms with E-state index >= 15 is 0 Å². The van der Waals surface area contributed by atoms with Gasteiger partial charge in [0.1, 0.15) is 23.0 Å². The molecule has 0 aromatic heterocycles. The summed E-state index contributed by atoms with van der Waals surface area (Å²) in [6.45, 7) is 0. The lowest BCUT2D eigenvalue weighted by Crippen LogP contribution is -2.39. The van der Waals surface area contributed by atoms with Crippen LogP contribution in [0.2, 0.25) is 0 Å². The third-order valence-corrected chi connectivity index (χ3v) is 8.80. The number of fused-ring (bicyclic) bond motifs is 6. The van der Waals surface area contributed by atoms with Crippen molar-refractivity contribution in [1.29, 1.82) is 0 Å². The summed E-state index contributed by atoms with van der Waals surface area (Å²) in [4.78, 5) is 13.7. The molecule has 2 heterocycles. The third kappa shape index (κ3) is 3.50. The van der Waals surface area contributed by atoms with Crippen molar-refractivity contribution < 1.29 is 24.5 Å². The van der Waals surface area contributed by atoms with E-state index in [4.69, 9.17) is 9.47 Å². The molecule has 0 saturated heterocycles. The molecule has 6 aromatic rings. The van der Waals surface area contributed by atoms with E-state index in [1.165, 1.54) is 6.07 Å². The lowest BCUT2D eigenvalue weighted by Gasteiger charge is -2.44. The van der Waals surface area contributed by atoms with Gasteiger partial charge in [0.25, 0.3) is 0 Å². The van der Waals surface area contributed by atoms with Crippen molar-refractivity contribution in [2.45, 2.75) is 11.0 Å². The van der Waals surface area contributed by atoms with Gasteiger partial charge in [-0.25, -0.2) is 4.79 Å². The molecule has 1 atom stereocenters. The number of aromatic hydroxyl groups is 2. The van der Waals surface area contributed by atoms with Crippen LogP contribution in [0.4, 0.5) is 0 Å². The molecule has 2 N–H and O–H groups in total.